The molecule has 1 unspecified atom stereocenters. The van der Waals surface area contributed by atoms with E-state index in [1.54, 1.807) is 0 Å². The molecule has 0 amide bonds. The Morgan fingerprint density at radius 1 is 1.54 bits per heavy atom. The van der Waals surface area contributed by atoms with Crippen LogP contribution in [-0.4, -0.2) is 18.1 Å². The highest BCUT2D eigenvalue weighted by Crippen LogP contribution is 2.11. The van der Waals surface area contributed by atoms with E-state index < -0.39 is 0 Å². The molecule has 2 heteroatoms. The predicted octanol–water partition coefficient (Wildman–Crippen LogP) is 1.85. The number of rotatable bonds is 2. The van der Waals surface area contributed by atoms with E-state index in [0.717, 1.165) is 11.5 Å². The number of anilines is 1. The Bertz CT molecular complexity index is 325. The first kappa shape index (κ1) is 9.60. The Labute approximate surface area is 79.6 Å². The summed E-state index contributed by atoms with van der Waals surface area (Å²) in [4.78, 5) is 6.35. The third-order valence-electron chi connectivity index (χ3n) is 2.06. The van der Waals surface area contributed by atoms with E-state index in [4.69, 9.17) is 6.42 Å². The summed E-state index contributed by atoms with van der Waals surface area (Å²) in [5.74, 6) is 3.59. The summed E-state index contributed by atoms with van der Waals surface area (Å²) in [6.07, 6.45) is 5.33. The molecule has 0 N–H and O–H groups in total. The monoisotopic (exact) mass is 174 g/mol. The molecule has 0 aliphatic heterocycles. The van der Waals surface area contributed by atoms with Gasteiger partial charge < -0.3 is 4.90 Å². The number of pyridine rings is 1. The Kier molecular flexibility index (Phi) is 2.92. The maximum atomic E-state index is 5.33. The van der Waals surface area contributed by atoms with Crippen LogP contribution in [-0.2, 0) is 0 Å². The summed E-state index contributed by atoms with van der Waals surface area (Å²) in [7, 11) is 1.95. The van der Waals surface area contributed by atoms with E-state index in [-0.39, 0.29) is 6.04 Å². The summed E-state index contributed by atoms with van der Waals surface area (Å²) < 4.78 is 0. The maximum absolute atomic E-state index is 5.33. The van der Waals surface area contributed by atoms with Gasteiger partial charge in [0.1, 0.15) is 5.82 Å². The lowest BCUT2D eigenvalue weighted by Crippen LogP contribution is -2.27. The number of aryl methyl sites for hydroxylation is 1. The van der Waals surface area contributed by atoms with Crippen LogP contribution in [0.3, 0.4) is 0 Å². The van der Waals surface area contributed by atoms with Crippen molar-refractivity contribution in [3.8, 4) is 12.3 Å². The molecule has 0 radical (unpaired) electrons. The van der Waals surface area contributed by atoms with E-state index in [0.29, 0.717) is 0 Å². The summed E-state index contributed by atoms with van der Waals surface area (Å²) in [5, 5.41) is 0. The molecule has 0 aromatic carbocycles. The Morgan fingerprint density at radius 2 is 2.23 bits per heavy atom. The molecule has 1 aromatic rings. The molecular weight excluding hydrogens is 160 g/mol. The molecule has 0 fully saturated rings. The molecule has 0 saturated carbocycles. The molecule has 0 spiro atoms. The van der Waals surface area contributed by atoms with Crippen LogP contribution in [0.4, 0.5) is 5.82 Å². The van der Waals surface area contributed by atoms with Gasteiger partial charge in [-0.1, -0.05) is 12.0 Å². The van der Waals surface area contributed by atoms with Crippen molar-refractivity contribution in [2.45, 2.75) is 19.9 Å². The number of hydrogen-bond donors (Lipinski definition) is 0. The van der Waals surface area contributed by atoms with Gasteiger partial charge in [0.2, 0.25) is 0 Å². The normalized spacial score (nSPS) is 11.8. The molecule has 1 aromatic heterocycles. The minimum absolute atomic E-state index is 0.0781. The van der Waals surface area contributed by atoms with Gasteiger partial charge in [-0.05, 0) is 26.0 Å². The summed E-state index contributed by atoms with van der Waals surface area (Å²) in [6, 6.07) is 5.99. The first-order chi connectivity index (χ1) is 6.15. The quantitative estimate of drug-likeness (QED) is 0.636. The van der Waals surface area contributed by atoms with Crippen LogP contribution < -0.4 is 4.90 Å². The van der Waals surface area contributed by atoms with Gasteiger partial charge in [0.15, 0.2) is 0 Å². The largest absolute Gasteiger partial charge is 0.346 e. The number of nitrogens with zero attached hydrogens (tertiary/aromatic N) is 2. The Morgan fingerprint density at radius 3 is 2.77 bits per heavy atom. The molecule has 0 bridgehead atoms. The van der Waals surface area contributed by atoms with Crippen molar-refractivity contribution in [3.05, 3.63) is 23.9 Å². The molecule has 0 aliphatic rings. The fourth-order valence-corrected chi connectivity index (χ4v) is 1.04. The highest BCUT2D eigenvalue weighted by atomic mass is 15.2. The van der Waals surface area contributed by atoms with Crippen LogP contribution >= 0.6 is 0 Å². The van der Waals surface area contributed by atoms with Crippen LogP contribution in [0.15, 0.2) is 18.2 Å². The Balaban J connectivity index is 2.90. The second-order valence-corrected chi connectivity index (χ2v) is 3.09. The van der Waals surface area contributed by atoms with Gasteiger partial charge >= 0.3 is 0 Å². The van der Waals surface area contributed by atoms with Crippen molar-refractivity contribution in [1.82, 2.24) is 4.98 Å². The molecule has 1 heterocycles. The highest BCUT2D eigenvalue weighted by Gasteiger charge is 2.07. The average Bonchev–Trinajstić information content (AvgIpc) is 2.15. The zero-order valence-electron chi connectivity index (χ0n) is 8.28. The zero-order chi connectivity index (χ0) is 9.84. The highest BCUT2D eigenvalue weighted by molar-refractivity contribution is 5.41. The third-order valence-corrected chi connectivity index (χ3v) is 2.06. The minimum Gasteiger partial charge on any atom is -0.346 e. The SMILES string of the molecule is C#CC(C)N(C)c1cccc(C)n1. The maximum Gasteiger partial charge on any atom is 0.129 e. The number of aromatic nitrogens is 1. The van der Waals surface area contributed by atoms with Gasteiger partial charge in [0.25, 0.3) is 0 Å². The van der Waals surface area contributed by atoms with Crippen molar-refractivity contribution in [2.75, 3.05) is 11.9 Å². The second-order valence-electron chi connectivity index (χ2n) is 3.09. The first-order valence-electron chi connectivity index (χ1n) is 4.27. The van der Waals surface area contributed by atoms with Gasteiger partial charge in [0.05, 0.1) is 6.04 Å². The van der Waals surface area contributed by atoms with Crippen molar-refractivity contribution >= 4 is 5.82 Å². The van der Waals surface area contributed by atoms with Gasteiger partial charge in [-0.15, -0.1) is 6.42 Å². The fourth-order valence-electron chi connectivity index (χ4n) is 1.04. The van der Waals surface area contributed by atoms with Gasteiger partial charge in [-0.3, -0.25) is 0 Å². The van der Waals surface area contributed by atoms with E-state index in [1.807, 2.05) is 44.0 Å². The molecule has 0 saturated heterocycles. The van der Waals surface area contributed by atoms with Crippen LogP contribution in [0.1, 0.15) is 12.6 Å². The lowest BCUT2D eigenvalue weighted by Gasteiger charge is -2.21. The zero-order valence-corrected chi connectivity index (χ0v) is 8.28. The van der Waals surface area contributed by atoms with Crippen LogP contribution in [0, 0.1) is 19.3 Å². The minimum atomic E-state index is 0.0781. The van der Waals surface area contributed by atoms with Crippen LogP contribution in [0.5, 0.6) is 0 Å². The molecule has 0 aliphatic carbocycles. The van der Waals surface area contributed by atoms with E-state index in [2.05, 4.69) is 10.9 Å². The fraction of sp³-hybridized carbons (Fsp3) is 0.364. The van der Waals surface area contributed by atoms with Crippen molar-refractivity contribution in [3.63, 3.8) is 0 Å². The topological polar surface area (TPSA) is 16.1 Å². The molecular formula is C11H14N2. The van der Waals surface area contributed by atoms with Crippen molar-refractivity contribution in [2.24, 2.45) is 0 Å². The van der Waals surface area contributed by atoms with Gasteiger partial charge in [-0.2, -0.15) is 0 Å². The van der Waals surface area contributed by atoms with Gasteiger partial charge in [-0.25, -0.2) is 4.98 Å². The lowest BCUT2D eigenvalue weighted by atomic mass is 10.3. The van der Waals surface area contributed by atoms with E-state index >= 15 is 0 Å². The van der Waals surface area contributed by atoms with E-state index in [9.17, 15) is 0 Å². The smallest absolute Gasteiger partial charge is 0.129 e. The number of terminal acetylenes is 1. The van der Waals surface area contributed by atoms with E-state index in [1.165, 1.54) is 0 Å². The first-order valence-corrected chi connectivity index (χ1v) is 4.27. The van der Waals surface area contributed by atoms with Crippen molar-refractivity contribution < 1.29 is 0 Å². The molecule has 1 atom stereocenters. The Hall–Kier alpha value is -1.49. The standard InChI is InChI=1S/C11H14N2/c1-5-10(3)13(4)11-8-6-7-9(2)12-11/h1,6-8,10H,2-4H3. The van der Waals surface area contributed by atoms with Crippen LogP contribution in [0.25, 0.3) is 0 Å². The molecule has 1 rings (SSSR count). The molecule has 68 valence electrons. The summed E-state index contributed by atoms with van der Waals surface area (Å²) >= 11 is 0. The third kappa shape index (κ3) is 2.22. The average molecular weight is 174 g/mol. The summed E-state index contributed by atoms with van der Waals surface area (Å²) in [6.45, 7) is 3.95. The van der Waals surface area contributed by atoms with Crippen molar-refractivity contribution in [1.29, 1.82) is 0 Å². The van der Waals surface area contributed by atoms with Gasteiger partial charge in [0, 0.05) is 12.7 Å². The number of hydrogen-bond acceptors (Lipinski definition) is 2. The molecule has 2 nitrogen and oxygen atoms in total. The molecule has 13 heavy (non-hydrogen) atoms. The second kappa shape index (κ2) is 3.95. The van der Waals surface area contributed by atoms with Crippen LogP contribution in [0.2, 0.25) is 0 Å². The summed E-state index contributed by atoms with van der Waals surface area (Å²) in [5.41, 5.74) is 1.01. The predicted molar refractivity (Wildman–Crippen MR) is 55.7 cm³/mol. The lowest BCUT2D eigenvalue weighted by molar-refractivity contribution is 0.827.